The fourth-order valence-corrected chi connectivity index (χ4v) is 3.18. The normalized spacial score (nSPS) is 12.7. The third-order valence-corrected chi connectivity index (χ3v) is 5.10. The first-order valence-electron chi connectivity index (χ1n) is 11.3. The summed E-state index contributed by atoms with van der Waals surface area (Å²) in [5.74, 6) is -0.912. The van der Waals surface area contributed by atoms with Crippen LogP contribution in [0.4, 0.5) is 0 Å². The van der Waals surface area contributed by atoms with Crippen molar-refractivity contribution in [3.8, 4) is 0 Å². The van der Waals surface area contributed by atoms with Gasteiger partial charge < -0.3 is 10.4 Å². The SMILES string of the molecule is CCCCCCCCC=CCCCCCCCCNCC(CC)C(=O)O. The lowest BCUT2D eigenvalue weighted by molar-refractivity contribution is -0.141. The number of rotatable bonds is 20. The molecule has 2 N–H and O–H groups in total. The van der Waals surface area contributed by atoms with Crippen LogP contribution in [0.15, 0.2) is 12.2 Å². The van der Waals surface area contributed by atoms with Crippen LogP contribution in [-0.2, 0) is 4.79 Å². The summed E-state index contributed by atoms with van der Waals surface area (Å²) >= 11 is 0. The van der Waals surface area contributed by atoms with Crippen molar-refractivity contribution in [1.82, 2.24) is 5.32 Å². The Balaban J connectivity index is 3.19. The predicted molar refractivity (Wildman–Crippen MR) is 114 cm³/mol. The van der Waals surface area contributed by atoms with Gasteiger partial charge in [-0.05, 0) is 45.1 Å². The summed E-state index contributed by atoms with van der Waals surface area (Å²) in [6, 6.07) is 0. The Morgan fingerprint density at radius 2 is 1.31 bits per heavy atom. The molecule has 0 heterocycles. The van der Waals surface area contributed by atoms with E-state index in [0.29, 0.717) is 13.0 Å². The number of carboxylic acid groups (broad SMARTS) is 1. The molecule has 3 nitrogen and oxygen atoms in total. The summed E-state index contributed by atoms with van der Waals surface area (Å²) in [5.41, 5.74) is 0. The molecule has 154 valence electrons. The second-order valence-electron chi connectivity index (χ2n) is 7.59. The first-order chi connectivity index (χ1) is 12.7. The molecular weight excluding hydrogens is 322 g/mol. The number of carbonyl (C=O) groups is 1. The maximum Gasteiger partial charge on any atom is 0.307 e. The van der Waals surface area contributed by atoms with E-state index in [-0.39, 0.29) is 5.92 Å². The van der Waals surface area contributed by atoms with E-state index in [1.807, 2.05) is 6.92 Å². The van der Waals surface area contributed by atoms with E-state index in [4.69, 9.17) is 5.11 Å². The van der Waals surface area contributed by atoms with E-state index >= 15 is 0 Å². The predicted octanol–water partition coefficient (Wildman–Crippen LogP) is 6.72. The zero-order chi connectivity index (χ0) is 19.3. The van der Waals surface area contributed by atoms with Crippen molar-refractivity contribution in [2.45, 2.75) is 110 Å². The highest BCUT2D eigenvalue weighted by atomic mass is 16.4. The topological polar surface area (TPSA) is 49.3 Å². The molecule has 1 unspecified atom stereocenters. The first kappa shape index (κ1) is 25.2. The van der Waals surface area contributed by atoms with Crippen LogP contribution in [0.5, 0.6) is 0 Å². The molecule has 0 bridgehead atoms. The molecule has 0 aromatic heterocycles. The van der Waals surface area contributed by atoms with Crippen molar-refractivity contribution in [2.24, 2.45) is 5.92 Å². The molecule has 0 rings (SSSR count). The highest BCUT2D eigenvalue weighted by molar-refractivity contribution is 5.70. The molecule has 0 aliphatic heterocycles. The minimum Gasteiger partial charge on any atom is -0.481 e. The smallest absolute Gasteiger partial charge is 0.307 e. The van der Waals surface area contributed by atoms with E-state index < -0.39 is 5.97 Å². The Morgan fingerprint density at radius 1 is 0.808 bits per heavy atom. The second kappa shape index (κ2) is 20.5. The lowest BCUT2D eigenvalue weighted by atomic mass is 10.1. The number of allylic oxidation sites excluding steroid dienone is 2. The van der Waals surface area contributed by atoms with Crippen LogP contribution >= 0.6 is 0 Å². The van der Waals surface area contributed by atoms with Crippen molar-refractivity contribution in [3.63, 3.8) is 0 Å². The zero-order valence-corrected chi connectivity index (χ0v) is 17.6. The highest BCUT2D eigenvalue weighted by Crippen LogP contribution is 2.10. The van der Waals surface area contributed by atoms with Gasteiger partial charge in [-0.25, -0.2) is 0 Å². The number of unbranched alkanes of at least 4 members (excludes halogenated alkanes) is 12. The molecule has 0 radical (unpaired) electrons. The van der Waals surface area contributed by atoms with Crippen LogP contribution < -0.4 is 5.32 Å². The summed E-state index contributed by atoms with van der Waals surface area (Å²) in [6.07, 6.45) is 24.0. The number of hydrogen-bond acceptors (Lipinski definition) is 2. The second-order valence-corrected chi connectivity index (χ2v) is 7.59. The lowest BCUT2D eigenvalue weighted by Gasteiger charge is -2.10. The van der Waals surface area contributed by atoms with Crippen LogP contribution in [0.3, 0.4) is 0 Å². The third kappa shape index (κ3) is 18.0. The minimum atomic E-state index is -0.680. The molecule has 0 fully saturated rings. The number of carboxylic acids is 1. The Bertz CT molecular complexity index is 328. The van der Waals surface area contributed by atoms with Crippen molar-refractivity contribution in [1.29, 1.82) is 0 Å². The monoisotopic (exact) mass is 367 g/mol. The van der Waals surface area contributed by atoms with Crippen LogP contribution in [0.2, 0.25) is 0 Å². The molecule has 0 aliphatic carbocycles. The number of aliphatic carboxylic acids is 1. The maximum atomic E-state index is 10.9. The van der Waals surface area contributed by atoms with Crippen LogP contribution in [0, 0.1) is 5.92 Å². The molecule has 0 saturated heterocycles. The molecule has 3 heteroatoms. The van der Waals surface area contributed by atoms with Gasteiger partial charge in [0.25, 0.3) is 0 Å². The third-order valence-electron chi connectivity index (χ3n) is 5.10. The van der Waals surface area contributed by atoms with E-state index in [9.17, 15) is 4.79 Å². The molecule has 0 aromatic rings. The fraction of sp³-hybridized carbons (Fsp3) is 0.870. The van der Waals surface area contributed by atoms with Gasteiger partial charge in [0.1, 0.15) is 0 Å². The fourth-order valence-electron chi connectivity index (χ4n) is 3.18. The molecular formula is C23H45NO2. The van der Waals surface area contributed by atoms with Gasteiger partial charge in [-0.2, -0.15) is 0 Å². The summed E-state index contributed by atoms with van der Waals surface area (Å²) in [7, 11) is 0. The molecule has 0 saturated carbocycles. The Kier molecular flexibility index (Phi) is 19.8. The van der Waals surface area contributed by atoms with E-state index in [1.54, 1.807) is 0 Å². The quantitative estimate of drug-likeness (QED) is 0.185. The van der Waals surface area contributed by atoms with Gasteiger partial charge in [-0.1, -0.05) is 83.8 Å². The van der Waals surface area contributed by atoms with Gasteiger partial charge in [0.15, 0.2) is 0 Å². The minimum absolute atomic E-state index is 0.232. The van der Waals surface area contributed by atoms with Gasteiger partial charge in [0.05, 0.1) is 5.92 Å². The number of nitrogens with one attached hydrogen (secondary N) is 1. The molecule has 0 spiro atoms. The summed E-state index contributed by atoms with van der Waals surface area (Å²) in [6.45, 7) is 5.76. The van der Waals surface area contributed by atoms with Crippen molar-refractivity contribution < 1.29 is 9.90 Å². The van der Waals surface area contributed by atoms with Crippen molar-refractivity contribution in [2.75, 3.05) is 13.1 Å². The van der Waals surface area contributed by atoms with Gasteiger partial charge in [0.2, 0.25) is 0 Å². The first-order valence-corrected chi connectivity index (χ1v) is 11.3. The van der Waals surface area contributed by atoms with Crippen LogP contribution in [-0.4, -0.2) is 24.2 Å². The van der Waals surface area contributed by atoms with Crippen LogP contribution in [0.25, 0.3) is 0 Å². The van der Waals surface area contributed by atoms with Crippen molar-refractivity contribution in [3.05, 3.63) is 12.2 Å². The molecule has 0 amide bonds. The van der Waals surface area contributed by atoms with Crippen molar-refractivity contribution >= 4 is 5.97 Å². The number of hydrogen-bond donors (Lipinski definition) is 2. The van der Waals surface area contributed by atoms with Gasteiger partial charge in [0, 0.05) is 6.54 Å². The molecule has 0 aromatic carbocycles. The Morgan fingerprint density at radius 3 is 1.81 bits per heavy atom. The molecule has 26 heavy (non-hydrogen) atoms. The largest absolute Gasteiger partial charge is 0.481 e. The average molecular weight is 368 g/mol. The van der Waals surface area contributed by atoms with E-state index in [0.717, 1.165) is 13.0 Å². The van der Waals surface area contributed by atoms with E-state index in [2.05, 4.69) is 24.4 Å². The van der Waals surface area contributed by atoms with E-state index in [1.165, 1.54) is 83.5 Å². The van der Waals surface area contributed by atoms with Gasteiger partial charge in [-0.3, -0.25) is 4.79 Å². The van der Waals surface area contributed by atoms with Gasteiger partial charge >= 0.3 is 5.97 Å². The van der Waals surface area contributed by atoms with Crippen LogP contribution in [0.1, 0.15) is 110 Å². The standard InChI is InChI=1S/C23H45NO2/c1-3-5-6-7-8-9-10-11-12-13-14-15-16-17-18-19-20-24-21-22(4-2)23(25)26/h11-12,22,24H,3-10,13-21H2,1-2H3,(H,25,26). The summed E-state index contributed by atoms with van der Waals surface area (Å²) < 4.78 is 0. The molecule has 1 atom stereocenters. The maximum absolute atomic E-state index is 10.9. The summed E-state index contributed by atoms with van der Waals surface area (Å²) in [5, 5.41) is 12.2. The highest BCUT2D eigenvalue weighted by Gasteiger charge is 2.13. The lowest BCUT2D eigenvalue weighted by Crippen LogP contribution is -2.28. The Labute approximate surface area is 163 Å². The summed E-state index contributed by atoms with van der Waals surface area (Å²) in [4.78, 5) is 10.9. The molecule has 0 aliphatic rings. The Hall–Kier alpha value is -0.830. The average Bonchev–Trinajstić information content (AvgIpc) is 2.63. The zero-order valence-electron chi connectivity index (χ0n) is 17.6. The van der Waals surface area contributed by atoms with Gasteiger partial charge in [-0.15, -0.1) is 0 Å².